The fourth-order valence-electron chi connectivity index (χ4n) is 4.41. The summed E-state index contributed by atoms with van der Waals surface area (Å²) in [6.07, 6.45) is 1.08. The lowest BCUT2D eigenvalue weighted by Gasteiger charge is -2.37. The van der Waals surface area contributed by atoms with Crippen molar-refractivity contribution in [3.8, 4) is 5.75 Å². The van der Waals surface area contributed by atoms with Gasteiger partial charge in [-0.1, -0.05) is 24.3 Å². The number of piperidine rings is 1. The highest BCUT2D eigenvalue weighted by Gasteiger charge is 2.36. The third kappa shape index (κ3) is 5.55. The predicted octanol–water partition coefficient (Wildman–Crippen LogP) is 3.35. The van der Waals surface area contributed by atoms with E-state index in [1.807, 2.05) is 19.9 Å². The molecule has 1 heterocycles. The van der Waals surface area contributed by atoms with Gasteiger partial charge in [0, 0.05) is 26.2 Å². The number of para-hydroxylation sites is 1. The number of likely N-dealkylation sites (tertiary alicyclic amines) is 1. The maximum atomic E-state index is 14.2. The van der Waals surface area contributed by atoms with Crippen LogP contribution in [0.25, 0.3) is 0 Å². The molecule has 1 saturated heterocycles. The van der Waals surface area contributed by atoms with Crippen molar-refractivity contribution in [1.82, 2.24) is 15.1 Å². The largest absolute Gasteiger partial charge is 0.496 e. The summed E-state index contributed by atoms with van der Waals surface area (Å²) in [7, 11) is 1.53. The molecule has 1 aliphatic rings. The van der Waals surface area contributed by atoms with Gasteiger partial charge in [0.1, 0.15) is 17.6 Å². The monoisotopic (exact) mass is 469 g/mol. The Labute approximate surface area is 199 Å². The van der Waals surface area contributed by atoms with E-state index in [1.165, 1.54) is 25.3 Å². The van der Waals surface area contributed by atoms with Crippen molar-refractivity contribution in [2.75, 3.05) is 33.3 Å². The van der Waals surface area contributed by atoms with Crippen LogP contribution in [-0.4, -0.2) is 66.9 Å². The van der Waals surface area contributed by atoms with E-state index in [0.717, 1.165) is 0 Å². The van der Waals surface area contributed by atoms with Crippen molar-refractivity contribution in [1.29, 1.82) is 0 Å². The van der Waals surface area contributed by atoms with Crippen molar-refractivity contribution in [2.45, 2.75) is 32.7 Å². The minimum atomic E-state index is -0.796. The van der Waals surface area contributed by atoms with Gasteiger partial charge >= 0.3 is 0 Å². The standard InChI is InChI=1S/C26H32FN3O4/c1-4-29(5-2)26(33)23(28-24(31)19-10-6-8-12-21(19)27)18-14-16-30(17-15-18)25(32)20-11-7-9-13-22(20)34-3/h6-13,18,23H,4-5,14-17H2,1-3H3,(H,28,31). The van der Waals surface area contributed by atoms with Gasteiger partial charge in [-0.05, 0) is 56.9 Å². The number of carbonyl (C=O) groups excluding carboxylic acids is 3. The molecule has 8 heteroatoms. The van der Waals surface area contributed by atoms with E-state index >= 15 is 0 Å². The molecule has 1 unspecified atom stereocenters. The third-order valence-corrected chi connectivity index (χ3v) is 6.38. The van der Waals surface area contributed by atoms with Crippen LogP contribution in [0.4, 0.5) is 4.39 Å². The Morgan fingerprint density at radius 1 is 1.03 bits per heavy atom. The number of amides is 3. The Kier molecular flexibility index (Phi) is 8.62. The molecule has 0 aliphatic carbocycles. The van der Waals surface area contributed by atoms with Crippen molar-refractivity contribution < 1.29 is 23.5 Å². The van der Waals surface area contributed by atoms with E-state index in [4.69, 9.17) is 4.74 Å². The summed E-state index contributed by atoms with van der Waals surface area (Å²) < 4.78 is 19.5. The molecule has 182 valence electrons. The van der Waals surface area contributed by atoms with E-state index < -0.39 is 17.8 Å². The van der Waals surface area contributed by atoms with Crippen molar-refractivity contribution in [3.05, 3.63) is 65.5 Å². The molecule has 2 aromatic carbocycles. The van der Waals surface area contributed by atoms with Gasteiger partial charge in [0.2, 0.25) is 5.91 Å². The first-order chi connectivity index (χ1) is 16.4. The molecule has 7 nitrogen and oxygen atoms in total. The van der Waals surface area contributed by atoms with Gasteiger partial charge in [-0.15, -0.1) is 0 Å². The first-order valence-corrected chi connectivity index (χ1v) is 11.7. The van der Waals surface area contributed by atoms with Crippen LogP contribution in [0.3, 0.4) is 0 Å². The van der Waals surface area contributed by atoms with Crippen LogP contribution < -0.4 is 10.1 Å². The summed E-state index contributed by atoms with van der Waals surface area (Å²) in [6.45, 7) is 5.66. The number of hydrogen-bond donors (Lipinski definition) is 1. The van der Waals surface area contributed by atoms with Crippen LogP contribution >= 0.6 is 0 Å². The molecule has 1 aliphatic heterocycles. The second kappa shape index (κ2) is 11.6. The molecule has 1 fully saturated rings. The number of carbonyl (C=O) groups is 3. The molecule has 34 heavy (non-hydrogen) atoms. The molecule has 1 N–H and O–H groups in total. The number of halogens is 1. The quantitative estimate of drug-likeness (QED) is 0.643. The van der Waals surface area contributed by atoms with Gasteiger partial charge in [-0.2, -0.15) is 0 Å². The van der Waals surface area contributed by atoms with Crippen molar-refractivity contribution >= 4 is 17.7 Å². The highest BCUT2D eigenvalue weighted by molar-refractivity contribution is 5.98. The number of nitrogens with zero attached hydrogens (tertiary/aromatic N) is 2. The topological polar surface area (TPSA) is 79.0 Å². The summed E-state index contributed by atoms with van der Waals surface area (Å²) in [4.78, 5) is 42.6. The fourth-order valence-corrected chi connectivity index (χ4v) is 4.41. The Morgan fingerprint density at radius 3 is 2.21 bits per heavy atom. The lowest BCUT2D eigenvalue weighted by molar-refractivity contribution is -0.134. The van der Waals surface area contributed by atoms with Crippen LogP contribution in [0.5, 0.6) is 5.75 Å². The molecular formula is C26H32FN3O4. The molecule has 3 amide bonds. The third-order valence-electron chi connectivity index (χ3n) is 6.38. The zero-order valence-corrected chi connectivity index (χ0v) is 19.9. The summed E-state index contributed by atoms with van der Waals surface area (Å²) in [5, 5.41) is 2.79. The second-order valence-corrected chi connectivity index (χ2v) is 8.27. The number of likely N-dealkylation sites (N-methyl/N-ethyl adjacent to an activating group) is 1. The fraction of sp³-hybridized carbons (Fsp3) is 0.423. The summed E-state index contributed by atoms with van der Waals surface area (Å²) in [5.74, 6) is -1.23. The van der Waals surface area contributed by atoms with E-state index in [2.05, 4.69) is 5.32 Å². The number of ether oxygens (including phenoxy) is 1. The van der Waals surface area contributed by atoms with Crippen molar-refractivity contribution in [2.24, 2.45) is 5.92 Å². The molecule has 0 spiro atoms. The maximum Gasteiger partial charge on any atom is 0.257 e. The van der Waals surface area contributed by atoms with Gasteiger partial charge in [0.25, 0.3) is 11.8 Å². The first kappa shape index (κ1) is 25.2. The van der Waals surface area contributed by atoms with Crippen molar-refractivity contribution in [3.63, 3.8) is 0 Å². The normalized spacial score (nSPS) is 14.9. The van der Waals surface area contributed by atoms with Gasteiger partial charge in [0.05, 0.1) is 18.2 Å². The molecule has 2 aromatic rings. The molecule has 0 radical (unpaired) electrons. The van der Waals surface area contributed by atoms with E-state index in [0.29, 0.717) is 50.3 Å². The molecular weight excluding hydrogens is 437 g/mol. The van der Waals surface area contributed by atoms with Crippen LogP contribution in [0.2, 0.25) is 0 Å². The summed E-state index contributed by atoms with van der Waals surface area (Å²) in [6, 6.07) is 12.0. The molecule has 0 aromatic heterocycles. The molecule has 0 saturated carbocycles. The summed E-state index contributed by atoms with van der Waals surface area (Å²) in [5.41, 5.74) is 0.399. The van der Waals surface area contributed by atoms with Crippen LogP contribution in [-0.2, 0) is 4.79 Å². The average Bonchev–Trinajstić information content (AvgIpc) is 2.87. The second-order valence-electron chi connectivity index (χ2n) is 8.27. The summed E-state index contributed by atoms with van der Waals surface area (Å²) >= 11 is 0. The molecule has 0 bridgehead atoms. The number of hydrogen-bond acceptors (Lipinski definition) is 4. The average molecular weight is 470 g/mol. The number of nitrogens with one attached hydrogen (secondary N) is 1. The van der Waals surface area contributed by atoms with Crippen LogP contribution in [0, 0.1) is 11.7 Å². The zero-order chi connectivity index (χ0) is 24.7. The van der Waals surface area contributed by atoms with Gasteiger partial charge in [0.15, 0.2) is 0 Å². The molecule has 3 rings (SSSR count). The Balaban J connectivity index is 1.76. The van der Waals surface area contributed by atoms with E-state index in [9.17, 15) is 18.8 Å². The maximum absolute atomic E-state index is 14.2. The minimum absolute atomic E-state index is 0.0939. The Bertz CT molecular complexity index is 1020. The predicted molar refractivity (Wildman–Crippen MR) is 127 cm³/mol. The zero-order valence-electron chi connectivity index (χ0n) is 19.9. The highest BCUT2D eigenvalue weighted by atomic mass is 19.1. The van der Waals surface area contributed by atoms with Gasteiger partial charge < -0.3 is 19.9 Å². The number of rotatable bonds is 8. The van der Waals surface area contributed by atoms with Crippen LogP contribution in [0.1, 0.15) is 47.4 Å². The van der Waals surface area contributed by atoms with Gasteiger partial charge in [-0.25, -0.2) is 4.39 Å². The Morgan fingerprint density at radius 2 is 1.62 bits per heavy atom. The number of benzene rings is 2. The number of methoxy groups -OCH3 is 1. The first-order valence-electron chi connectivity index (χ1n) is 11.7. The van der Waals surface area contributed by atoms with Gasteiger partial charge in [-0.3, -0.25) is 14.4 Å². The molecule has 1 atom stereocenters. The smallest absolute Gasteiger partial charge is 0.257 e. The van der Waals surface area contributed by atoms with E-state index in [-0.39, 0.29) is 23.3 Å². The van der Waals surface area contributed by atoms with Crippen LogP contribution in [0.15, 0.2) is 48.5 Å². The highest BCUT2D eigenvalue weighted by Crippen LogP contribution is 2.26. The Hall–Kier alpha value is -3.42. The van der Waals surface area contributed by atoms with E-state index in [1.54, 1.807) is 34.1 Å². The lowest BCUT2D eigenvalue weighted by atomic mass is 9.87. The SMILES string of the molecule is CCN(CC)C(=O)C(NC(=O)c1ccccc1F)C1CCN(C(=O)c2ccccc2OC)CC1. The lowest BCUT2D eigenvalue weighted by Crippen LogP contribution is -2.54. The minimum Gasteiger partial charge on any atom is -0.496 e.